The van der Waals surface area contributed by atoms with E-state index in [9.17, 15) is 14.4 Å². The van der Waals surface area contributed by atoms with Gasteiger partial charge >= 0.3 is 11.9 Å². The van der Waals surface area contributed by atoms with E-state index in [0.29, 0.717) is 10.6 Å². The van der Waals surface area contributed by atoms with Crippen LogP contribution in [0.3, 0.4) is 0 Å². The number of fused-ring (bicyclic) bond motifs is 2. The van der Waals surface area contributed by atoms with Crippen molar-refractivity contribution in [2.45, 2.75) is 45.6 Å². The molecule has 8 heteroatoms. The molecule has 1 unspecified atom stereocenters. The monoisotopic (exact) mass is 478 g/mol. The fourth-order valence-electron chi connectivity index (χ4n) is 3.97. The van der Waals surface area contributed by atoms with Gasteiger partial charge in [-0.15, -0.1) is 11.3 Å². The van der Waals surface area contributed by atoms with Gasteiger partial charge in [0.2, 0.25) is 0 Å². The van der Waals surface area contributed by atoms with Gasteiger partial charge in [-0.1, -0.05) is 24.3 Å². The first kappa shape index (κ1) is 23.6. The highest BCUT2D eigenvalue weighted by atomic mass is 32.1. The topological polar surface area (TPSA) is 94.6 Å². The van der Waals surface area contributed by atoms with Gasteiger partial charge in [0.15, 0.2) is 6.10 Å². The van der Waals surface area contributed by atoms with Crippen LogP contribution in [0.4, 0.5) is 5.00 Å². The highest BCUT2D eigenvalue weighted by Gasteiger charge is 2.28. The van der Waals surface area contributed by atoms with Gasteiger partial charge in [-0.2, -0.15) is 0 Å². The highest BCUT2D eigenvalue weighted by molar-refractivity contribution is 7.17. The minimum Gasteiger partial charge on any atom is -0.462 e. The maximum absolute atomic E-state index is 12.8. The van der Waals surface area contributed by atoms with Crippen molar-refractivity contribution in [3.8, 4) is 0 Å². The number of nitrogens with zero attached hydrogens (tertiary/aromatic N) is 1. The molecule has 0 aliphatic heterocycles. The zero-order chi connectivity index (χ0) is 24.1. The van der Waals surface area contributed by atoms with E-state index < -0.39 is 23.9 Å². The first-order valence-corrected chi connectivity index (χ1v) is 12.1. The Kier molecular flexibility index (Phi) is 7.37. The molecule has 34 heavy (non-hydrogen) atoms. The molecule has 1 N–H and O–H groups in total. The molecule has 1 atom stereocenters. The van der Waals surface area contributed by atoms with Crippen LogP contribution in [-0.2, 0) is 31.9 Å². The summed E-state index contributed by atoms with van der Waals surface area (Å²) in [6, 6.07) is 9.47. The lowest BCUT2D eigenvalue weighted by Crippen LogP contribution is -2.29. The van der Waals surface area contributed by atoms with Crippen LogP contribution in [0.2, 0.25) is 0 Å². The van der Waals surface area contributed by atoms with Gasteiger partial charge in [-0.3, -0.25) is 9.78 Å². The van der Waals surface area contributed by atoms with Crippen LogP contribution in [0, 0.1) is 0 Å². The van der Waals surface area contributed by atoms with Crippen LogP contribution in [0.25, 0.3) is 17.0 Å². The fourth-order valence-corrected chi connectivity index (χ4v) is 5.25. The second kappa shape index (κ2) is 10.6. The quantitative estimate of drug-likeness (QED) is 0.382. The first-order chi connectivity index (χ1) is 16.5. The van der Waals surface area contributed by atoms with Crippen molar-refractivity contribution in [2.75, 3.05) is 11.9 Å². The third-order valence-corrected chi connectivity index (χ3v) is 6.82. The average Bonchev–Trinajstić information content (AvgIpc) is 3.20. The van der Waals surface area contributed by atoms with Crippen molar-refractivity contribution in [3.05, 3.63) is 64.2 Å². The Morgan fingerprint density at radius 2 is 1.97 bits per heavy atom. The molecule has 0 fully saturated rings. The third kappa shape index (κ3) is 5.17. The first-order valence-electron chi connectivity index (χ1n) is 11.3. The number of esters is 2. The van der Waals surface area contributed by atoms with Crippen molar-refractivity contribution in [1.82, 2.24) is 4.98 Å². The summed E-state index contributed by atoms with van der Waals surface area (Å²) in [6.07, 6.45) is 7.25. The Hall–Kier alpha value is -3.52. The number of rotatable bonds is 7. The number of para-hydroxylation sites is 1. The number of anilines is 1. The van der Waals surface area contributed by atoms with Crippen molar-refractivity contribution in [1.29, 1.82) is 0 Å². The number of hydrogen-bond donors (Lipinski definition) is 1. The van der Waals surface area contributed by atoms with E-state index in [1.165, 1.54) is 24.3 Å². The maximum atomic E-state index is 12.8. The van der Waals surface area contributed by atoms with Gasteiger partial charge in [-0.05, 0) is 57.2 Å². The predicted octanol–water partition coefficient (Wildman–Crippen LogP) is 4.94. The number of hydrogen-bond acceptors (Lipinski definition) is 7. The lowest BCUT2D eigenvalue weighted by atomic mass is 9.95. The van der Waals surface area contributed by atoms with E-state index >= 15 is 0 Å². The van der Waals surface area contributed by atoms with E-state index in [1.807, 2.05) is 30.3 Å². The smallest absolute Gasteiger partial charge is 0.341 e. The summed E-state index contributed by atoms with van der Waals surface area (Å²) >= 11 is 1.40. The maximum Gasteiger partial charge on any atom is 0.341 e. The van der Waals surface area contributed by atoms with Crippen LogP contribution in [0.15, 0.2) is 42.6 Å². The summed E-state index contributed by atoms with van der Waals surface area (Å²) in [4.78, 5) is 43.2. The van der Waals surface area contributed by atoms with Gasteiger partial charge in [0.25, 0.3) is 5.91 Å². The molecule has 0 saturated carbocycles. The summed E-state index contributed by atoms with van der Waals surface area (Å²) in [6.45, 7) is 3.50. The molecule has 2 heterocycles. The standard InChI is InChI=1S/C26H26N2O5S/c1-3-32-26(31)22-19-11-4-5-12-20(19)34-25(22)28-24(30)16(2)33-21(29)14-13-18-9-6-8-17-10-7-15-27-23(17)18/h6-10,13-16H,3-5,11-12H2,1-2H3,(H,28,30)/b14-13+. The molecule has 0 saturated heterocycles. The second-order valence-corrected chi connectivity index (χ2v) is 9.06. The fraction of sp³-hybridized carbons (Fsp3) is 0.308. The van der Waals surface area contributed by atoms with Gasteiger partial charge in [-0.25, -0.2) is 9.59 Å². The van der Waals surface area contributed by atoms with E-state index in [-0.39, 0.29) is 6.61 Å². The Labute approximate surface area is 201 Å². The number of ether oxygens (including phenoxy) is 2. The summed E-state index contributed by atoms with van der Waals surface area (Å²) < 4.78 is 10.5. The number of thiophene rings is 1. The van der Waals surface area contributed by atoms with E-state index in [2.05, 4.69) is 10.3 Å². The average molecular weight is 479 g/mol. The molecular formula is C26H26N2O5S. The lowest BCUT2D eigenvalue weighted by Gasteiger charge is -2.14. The number of aromatic nitrogens is 1. The van der Waals surface area contributed by atoms with Gasteiger partial charge in [0.05, 0.1) is 17.7 Å². The number of aryl methyl sites for hydroxylation is 1. The minimum atomic E-state index is -1.04. The van der Waals surface area contributed by atoms with Gasteiger partial charge in [0.1, 0.15) is 5.00 Å². The summed E-state index contributed by atoms with van der Waals surface area (Å²) in [5.74, 6) is -1.59. The number of nitrogens with one attached hydrogen (secondary N) is 1. The number of carbonyl (C=O) groups excluding carboxylic acids is 3. The predicted molar refractivity (Wildman–Crippen MR) is 132 cm³/mol. The number of amides is 1. The molecular weight excluding hydrogens is 452 g/mol. The molecule has 0 spiro atoms. The molecule has 176 valence electrons. The summed E-state index contributed by atoms with van der Waals surface area (Å²) in [5, 5.41) is 4.19. The number of pyridine rings is 1. The van der Waals surface area contributed by atoms with Crippen molar-refractivity contribution in [3.63, 3.8) is 0 Å². The number of carbonyl (C=O) groups is 3. The molecule has 1 aliphatic carbocycles. The molecule has 1 aliphatic rings. The molecule has 4 rings (SSSR count). The Balaban J connectivity index is 1.44. The van der Waals surface area contributed by atoms with E-state index in [0.717, 1.165) is 52.6 Å². The molecule has 3 aromatic rings. The van der Waals surface area contributed by atoms with E-state index in [1.54, 1.807) is 19.2 Å². The Morgan fingerprint density at radius 1 is 1.18 bits per heavy atom. The molecule has 1 amide bonds. The molecule has 1 aromatic carbocycles. The van der Waals surface area contributed by atoms with Crippen LogP contribution in [-0.4, -0.2) is 35.5 Å². The van der Waals surface area contributed by atoms with Crippen molar-refractivity contribution < 1.29 is 23.9 Å². The Bertz CT molecular complexity index is 1260. The summed E-state index contributed by atoms with van der Waals surface area (Å²) in [7, 11) is 0. The van der Waals surface area contributed by atoms with Gasteiger partial charge in [0, 0.05) is 28.1 Å². The molecule has 2 aromatic heterocycles. The van der Waals surface area contributed by atoms with Crippen LogP contribution in [0.1, 0.15) is 53.1 Å². The minimum absolute atomic E-state index is 0.253. The number of benzene rings is 1. The Morgan fingerprint density at radius 3 is 2.79 bits per heavy atom. The van der Waals surface area contributed by atoms with Crippen LogP contribution < -0.4 is 5.32 Å². The molecule has 7 nitrogen and oxygen atoms in total. The summed E-state index contributed by atoms with van der Waals surface area (Å²) in [5.41, 5.74) is 2.93. The van der Waals surface area contributed by atoms with Gasteiger partial charge < -0.3 is 14.8 Å². The van der Waals surface area contributed by atoms with Crippen LogP contribution >= 0.6 is 11.3 Å². The van der Waals surface area contributed by atoms with Crippen molar-refractivity contribution in [2.24, 2.45) is 0 Å². The largest absolute Gasteiger partial charge is 0.462 e. The van der Waals surface area contributed by atoms with E-state index in [4.69, 9.17) is 9.47 Å². The highest BCUT2D eigenvalue weighted by Crippen LogP contribution is 2.38. The normalized spacial score (nSPS) is 13.9. The van der Waals surface area contributed by atoms with Crippen molar-refractivity contribution >= 4 is 51.2 Å². The van der Waals surface area contributed by atoms with Crippen LogP contribution in [0.5, 0.6) is 0 Å². The zero-order valence-electron chi connectivity index (χ0n) is 19.1. The lowest BCUT2D eigenvalue weighted by molar-refractivity contribution is -0.148. The molecule has 0 radical (unpaired) electrons. The zero-order valence-corrected chi connectivity index (χ0v) is 19.9. The SMILES string of the molecule is CCOC(=O)c1c(NC(=O)C(C)OC(=O)/C=C/c2cccc3cccnc23)sc2c1CCCC2. The third-order valence-electron chi connectivity index (χ3n) is 5.61. The molecule has 0 bridgehead atoms. The second-order valence-electron chi connectivity index (χ2n) is 7.96.